The fourth-order valence-electron chi connectivity index (χ4n) is 4.58. The third kappa shape index (κ3) is 3.24. The second kappa shape index (κ2) is 7.46. The highest BCUT2D eigenvalue weighted by Gasteiger charge is 2.40. The van der Waals surface area contributed by atoms with Gasteiger partial charge in [-0.15, -0.1) is 0 Å². The second-order valence-corrected chi connectivity index (χ2v) is 8.15. The molecule has 0 fully saturated rings. The van der Waals surface area contributed by atoms with Gasteiger partial charge in [-0.05, 0) is 47.7 Å². The van der Waals surface area contributed by atoms with E-state index in [1.54, 1.807) is 0 Å². The molecule has 2 aliphatic rings. The minimum absolute atomic E-state index is 0.0685. The second-order valence-electron chi connectivity index (χ2n) is 7.71. The predicted molar refractivity (Wildman–Crippen MR) is 123 cm³/mol. The van der Waals surface area contributed by atoms with E-state index >= 15 is 0 Å². The first-order valence-corrected chi connectivity index (χ1v) is 10.4. The minimum atomic E-state index is -0.138. The summed E-state index contributed by atoms with van der Waals surface area (Å²) in [6.45, 7) is 2.19. The van der Waals surface area contributed by atoms with E-state index in [4.69, 9.17) is 17.0 Å². The zero-order valence-electron chi connectivity index (χ0n) is 16.3. The Balaban J connectivity index is 1.67. The molecule has 2 aliphatic carbocycles. The molecule has 0 saturated carbocycles. The van der Waals surface area contributed by atoms with Gasteiger partial charge in [0.05, 0.1) is 5.92 Å². The normalized spacial score (nSPS) is 20.6. The number of hydrogen-bond donors (Lipinski definition) is 0. The molecule has 0 radical (unpaired) electrons. The van der Waals surface area contributed by atoms with Gasteiger partial charge in [0.2, 0.25) is 0 Å². The fraction of sp³-hybridized carbons (Fsp3) is 0.148. The molecule has 0 bridgehead atoms. The van der Waals surface area contributed by atoms with Gasteiger partial charge in [-0.2, -0.15) is 0 Å². The maximum absolute atomic E-state index is 6.66. The van der Waals surface area contributed by atoms with E-state index in [1.165, 1.54) is 33.4 Å². The van der Waals surface area contributed by atoms with Crippen molar-refractivity contribution >= 4 is 22.7 Å². The summed E-state index contributed by atoms with van der Waals surface area (Å²) >= 11 is 6.05. The Bertz CT molecular complexity index is 1130. The van der Waals surface area contributed by atoms with Crippen LogP contribution in [-0.2, 0) is 6.42 Å². The van der Waals surface area contributed by atoms with Gasteiger partial charge >= 0.3 is 0 Å². The third-order valence-electron chi connectivity index (χ3n) is 5.86. The SMILES string of the molecule is CC1=C(c2ccccc2)C(Oc2ccccc2)C2C(=S)c3ccccc3CC2=C1. The van der Waals surface area contributed by atoms with Crippen LogP contribution in [0.5, 0.6) is 5.75 Å². The highest BCUT2D eigenvalue weighted by Crippen LogP contribution is 2.43. The lowest BCUT2D eigenvalue weighted by Crippen LogP contribution is -2.40. The van der Waals surface area contributed by atoms with Crippen LogP contribution in [0, 0.1) is 5.92 Å². The summed E-state index contributed by atoms with van der Waals surface area (Å²) in [5.74, 6) is 0.945. The molecule has 0 saturated heterocycles. The average molecular weight is 395 g/mol. The molecule has 3 aromatic carbocycles. The third-order valence-corrected chi connectivity index (χ3v) is 6.34. The van der Waals surface area contributed by atoms with Crippen LogP contribution in [0.4, 0.5) is 0 Å². The van der Waals surface area contributed by atoms with E-state index in [0.29, 0.717) is 0 Å². The van der Waals surface area contributed by atoms with E-state index in [9.17, 15) is 0 Å². The zero-order chi connectivity index (χ0) is 19.8. The Morgan fingerprint density at radius 1 is 0.828 bits per heavy atom. The van der Waals surface area contributed by atoms with Crippen LogP contribution in [0.2, 0.25) is 0 Å². The van der Waals surface area contributed by atoms with Gasteiger partial charge in [0.1, 0.15) is 11.9 Å². The van der Waals surface area contributed by atoms with Crippen LogP contribution in [0.3, 0.4) is 0 Å². The number of benzene rings is 3. The summed E-state index contributed by atoms with van der Waals surface area (Å²) in [6.07, 6.45) is 3.12. The van der Waals surface area contributed by atoms with Crippen molar-refractivity contribution < 1.29 is 4.74 Å². The van der Waals surface area contributed by atoms with Crippen LogP contribution in [0.15, 0.2) is 102 Å². The lowest BCUT2D eigenvalue weighted by Gasteiger charge is -2.39. The summed E-state index contributed by atoms with van der Waals surface area (Å²) < 4.78 is 6.66. The summed E-state index contributed by atoms with van der Waals surface area (Å²) in [6, 6.07) is 29.2. The van der Waals surface area contributed by atoms with E-state index in [0.717, 1.165) is 17.0 Å². The van der Waals surface area contributed by atoms with E-state index in [1.807, 2.05) is 30.3 Å². The molecule has 3 aromatic rings. The summed E-state index contributed by atoms with van der Waals surface area (Å²) in [5, 5.41) is 0. The Morgan fingerprint density at radius 2 is 1.48 bits per heavy atom. The van der Waals surface area contributed by atoms with Gasteiger partial charge in [-0.1, -0.05) is 96.7 Å². The molecule has 2 atom stereocenters. The highest BCUT2D eigenvalue weighted by atomic mass is 32.1. The molecule has 29 heavy (non-hydrogen) atoms. The molecule has 5 rings (SSSR count). The van der Waals surface area contributed by atoms with Crippen molar-refractivity contribution in [3.8, 4) is 5.75 Å². The molecule has 1 nitrogen and oxygen atoms in total. The number of rotatable bonds is 3. The van der Waals surface area contributed by atoms with Crippen molar-refractivity contribution in [3.05, 3.63) is 119 Å². The number of allylic oxidation sites excluding steroid dienone is 2. The smallest absolute Gasteiger partial charge is 0.136 e. The molecular formula is C27H22OS. The Morgan fingerprint density at radius 3 is 2.24 bits per heavy atom. The number of para-hydroxylation sites is 1. The van der Waals surface area contributed by atoms with Crippen molar-refractivity contribution in [2.45, 2.75) is 19.4 Å². The van der Waals surface area contributed by atoms with Gasteiger partial charge in [0, 0.05) is 10.4 Å². The van der Waals surface area contributed by atoms with Crippen molar-refractivity contribution in [2.75, 3.05) is 0 Å². The van der Waals surface area contributed by atoms with Crippen molar-refractivity contribution in [3.63, 3.8) is 0 Å². The highest BCUT2D eigenvalue weighted by molar-refractivity contribution is 7.81. The molecule has 0 aromatic heterocycles. The van der Waals surface area contributed by atoms with Gasteiger partial charge in [-0.3, -0.25) is 0 Å². The topological polar surface area (TPSA) is 9.23 Å². The lowest BCUT2D eigenvalue weighted by atomic mass is 9.70. The average Bonchev–Trinajstić information content (AvgIpc) is 2.75. The van der Waals surface area contributed by atoms with Crippen molar-refractivity contribution in [1.82, 2.24) is 0 Å². The maximum atomic E-state index is 6.66. The predicted octanol–water partition coefficient (Wildman–Crippen LogP) is 6.44. The molecule has 0 N–H and O–H groups in total. The number of fused-ring (bicyclic) bond motifs is 2. The monoisotopic (exact) mass is 394 g/mol. The van der Waals surface area contributed by atoms with Gasteiger partial charge in [0.25, 0.3) is 0 Å². The van der Waals surface area contributed by atoms with E-state index in [-0.39, 0.29) is 12.0 Å². The standard InChI is InChI=1S/C27H22OS/c1-18-16-21-17-20-12-8-9-15-23(20)27(29)25(21)26(28-22-13-6-3-7-14-22)24(18)19-10-4-2-5-11-19/h2-16,25-26H,17H2,1H3. The molecule has 2 unspecified atom stereocenters. The van der Waals surface area contributed by atoms with Crippen molar-refractivity contribution in [2.24, 2.45) is 5.92 Å². The Kier molecular flexibility index (Phi) is 4.65. The first kappa shape index (κ1) is 18.1. The molecule has 0 aliphatic heterocycles. The van der Waals surface area contributed by atoms with Crippen LogP contribution in [-0.4, -0.2) is 11.0 Å². The number of thiocarbonyl (C=S) groups is 1. The fourth-order valence-corrected chi connectivity index (χ4v) is 5.06. The van der Waals surface area contributed by atoms with Gasteiger partial charge in [0.15, 0.2) is 0 Å². The molecular weight excluding hydrogens is 372 g/mol. The Labute approximate surface area is 177 Å². The molecule has 0 spiro atoms. The summed E-state index contributed by atoms with van der Waals surface area (Å²) in [7, 11) is 0. The van der Waals surface area contributed by atoms with Crippen LogP contribution in [0.25, 0.3) is 5.57 Å². The first-order chi connectivity index (χ1) is 14.2. The van der Waals surface area contributed by atoms with Crippen LogP contribution < -0.4 is 4.74 Å². The number of ether oxygens (including phenoxy) is 1. The maximum Gasteiger partial charge on any atom is 0.136 e. The zero-order valence-corrected chi connectivity index (χ0v) is 17.2. The van der Waals surface area contributed by atoms with Crippen LogP contribution >= 0.6 is 12.2 Å². The lowest BCUT2D eigenvalue weighted by molar-refractivity contribution is 0.231. The van der Waals surface area contributed by atoms with Crippen LogP contribution in [0.1, 0.15) is 23.6 Å². The Hall–Kier alpha value is -2.97. The summed E-state index contributed by atoms with van der Waals surface area (Å²) in [5.41, 5.74) is 7.54. The molecule has 142 valence electrons. The molecule has 2 heteroatoms. The molecule has 0 heterocycles. The van der Waals surface area contributed by atoms with Gasteiger partial charge < -0.3 is 4.74 Å². The molecule has 0 amide bonds. The number of hydrogen-bond acceptors (Lipinski definition) is 2. The first-order valence-electron chi connectivity index (χ1n) is 10.0. The van der Waals surface area contributed by atoms with E-state index < -0.39 is 0 Å². The minimum Gasteiger partial charge on any atom is -0.485 e. The largest absolute Gasteiger partial charge is 0.485 e. The quantitative estimate of drug-likeness (QED) is 0.473. The van der Waals surface area contributed by atoms with Gasteiger partial charge in [-0.25, -0.2) is 0 Å². The van der Waals surface area contributed by atoms with Crippen molar-refractivity contribution in [1.29, 1.82) is 0 Å². The van der Waals surface area contributed by atoms with E-state index in [2.05, 4.69) is 67.6 Å². The summed E-state index contributed by atoms with van der Waals surface area (Å²) in [4.78, 5) is 0.986.